The lowest BCUT2D eigenvalue weighted by Crippen LogP contribution is -2.76. The molecule has 2 atom stereocenters. The van der Waals surface area contributed by atoms with Crippen LogP contribution in [-0.4, -0.2) is 92.8 Å². The molecule has 8 nitrogen and oxygen atoms in total. The Kier molecular flexibility index (Phi) is 7.01. The topological polar surface area (TPSA) is 97.1 Å². The zero-order valence-corrected chi connectivity index (χ0v) is 16.5. The van der Waals surface area contributed by atoms with Gasteiger partial charge in [-0.05, 0) is 6.92 Å². The van der Waals surface area contributed by atoms with Crippen LogP contribution in [0.3, 0.4) is 0 Å². The summed E-state index contributed by atoms with van der Waals surface area (Å²) < 4.78 is 10.6. The third-order valence-electron chi connectivity index (χ3n) is 5.87. The number of hydrogen-bond donors (Lipinski definition) is 2. The van der Waals surface area contributed by atoms with E-state index in [2.05, 4.69) is 10.2 Å². The van der Waals surface area contributed by atoms with Gasteiger partial charge < -0.3 is 25.4 Å². The maximum atomic E-state index is 13.0. The molecule has 150 valence electrons. The highest BCUT2D eigenvalue weighted by molar-refractivity contribution is 5.89. The van der Waals surface area contributed by atoms with E-state index in [0.29, 0.717) is 58.9 Å². The highest BCUT2D eigenvalue weighted by Gasteiger charge is 2.63. The first kappa shape index (κ1) is 21.1. The van der Waals surface area contributed by atoms with Crippen molar-refractivity contribution in [3.8, 4) is 0 Å². The average Bonchev–Trinajstić information content (AvgIpc) is 2.61. The van der Waals surface area contributed by atoms with E-state index in [0.717, 1.165) is 0 Å². The molecule has 0 radical (unpaired) electrons. The van der Waals surface area contributed by atoms with Crippen LogP contribution in [0, 0.1) is 5.41 Å². The minimum absolute atomic E-state index is 0.00245. The van der Waals surface area contributed by atoms with Crippen molar-refractivity contribution in [3.05, 3.63) is 0 Å². The Bertz CT molecular complexity index is 505. The number of carbonyl (C=O) groups is 2. The van der Waals surface area contributed by atoms with Crippen LogP contribution in [0.25, 0.3) is 0 Å². The smallest absolute Gasteiger partial charge is 0.243 e. The van der Waals surface area contributed by atoms with Gasteiger partial charge >= 0.3 is 0 Å². The summed E-state index contributed by atoms with van der Waals surface area (Å²) in [6.07, 6.45) is 0.591. The summed E-state index contributed by atoms with van der Waals surface area (Å²) in [5.41, 5.74) is 5.25. The fourth-order valence-corrected chi connectivity index (χ4v) is 3.74. The summed E-state index contributed by atoms with van der Waals surface area (Å²) in [5.74, 6) is -0.0144. The molecule has 26 heavy (non-hydrogen) atoms. The summed E-state index contributed by atoms with van der Waals surface area (Å²) in [7, 11) is 1.60. The number of piperazine rings is 1. The van der Waals surface area contributed by atoms with Gasteiger partial charge in [0.25, 0.3) is 0 Å². The van der Waals surface area contributed by atoms with Gasteiger partial charge in [-0.15, -0.1) is 0 Å². The molecular weight excluding hydrogens is 336 g/mol. The molecule has 1 aliphatic heterocycles. The van der Waals surface area contributed by atoms with Gasteiger partial charge in [0.1, 0.15) is 5.54 Å². The molecule has 1 heterocycles. The summed E-state index contributed by atoms with van der Waals surface area (Å²) in [6.45, 7) is 10.5. The minimum Gasteiger partial charge on any atom is -0.383 e. The van der Waals surface area contributed by atoms with E-state index < -0.39 is 5.54 Å². The van der Waals surface area contributed by atoms with Crippen LogP contribution in [0.1, 0.15) is 27.2 Å². The van der Waals surface area contributed by atoms with Crippen LogP contribution >= 0.6 is 0 Å². The second-order valence-electron chi connectivity index (χ2n) is 7.75. The summed E-state index contributed by atoms with van der Waals surface area (Å²) in [4.78, 5) is 28.8. The molecule has 1 saturated carbocycles. The number of ether oxygens (including phenoxy) is 2. The molecule has 3 N–H and O–H groups in total. The lowest BCUT2D eigenvalue weighted by molar-refractivity contribution is -0.180. The molecule has 2 unspecified atom stereocenters. The van der Waals surface area contributed by atoms with E-state index >= 15 is 0 Å². The molecule has 2 aliphatic rings. The van der Waals surface area contributed by atoms with Crippen molar-refractivity contribution in [2.24, 2.45) is 11.1 Å². The van der Waals surface area contributed by atoms with Crippen molar-refractivity contribution < 1.29 is 19.1 Å². The van der Waals surface area contributed by atoms with Gasteiger partial charge in [0.2, 0.25) is 11.8 Å². The van der Waals surface area contributed by atoms with Gasteiger partial charge in [0.05, 0.1) is 19.3 Å². The number of carbonyl (C=O) groups excluding carboxylic acids is 2. The zero-order valence-electron chi connectivity index (χ0n) is 16.5. The van der Waals surface area contributed by atoms with Crippen LogP contribution < -0.4 is 11.1 Å². The van der Waals surface area contributed by atoms with Crippen molar-refractivity contribution in [2.45, 2.75) is 38.8 Å². The first-order valence-corrected chi connectivity index (χ1v) is 9.44. The van der Waals surface area contributed by atoms with Crippen LogP contribution in [0.15, 0.2) is 0 Å². The molecule has 0 aromatic heterocycles. The number of nitrogens with two attached hydrogens (primary N) is 1. The second kappa shape index (κ2) is 8.65. The Labute approximate surface area is 156 Å². The number of hydrogen-bond acceptors (Lipinski definition) is 6. The third-order valence-corrected chi connectivity index (χ3v) is 5.87. The molecular formula is C18H34N4O4. The van der Waals surface area contributed by atoms with Crippen LogP contribution in [0.2, 0.25) is 0 Å². The predicted molar refractivity (Wildman–Crippen MR) is 98.6 cm³/mol. The lowest BCUT2D eigenvalue weighted by Gasteiger charge is -2.59. The van der Waals surface area contributed by atoms with E-state index in [1.165, 1.54) is 0 Å². The van der Waals surface area contributed by atoms with Crippen molar-refractivity contribution in [3.63, 3.8) is 0 Å². The first-order valence-electron chi connectivity index (χ1n) is 9.44. The van der Waals surface area contributed by atoms with Gasteiger partial charge in [0.15, 0.2) is 0 Å². The van der Waals surface area contributed by atoms with Gasteiger partial charge in [-0.1, -0.05) is 13.8 Å². The predicted octanol–water partition coefficient (Wildman–Crippen LogP) is -0.574. The fraction of sp³-hybridized carbons (Fsp3) is 0.889. The Balaban J connectivity index is 1.81. The van der Waals surface area contributed by atoms with Crippen LogP contribution in [-0.2, 0) is 19.1 Å². The monoisotopic (exact) mass is 370 g/mol. The summed E-state index contributed by atoms with van der Waals surface area (Å²) in [6, 6.07) is 0. The Hall–Kier alpha value is -1.22. The number of amides is 2. The lowest BCUT2D eigenvalue weighted by atomic mass is 9.54. The summed E-state index contributed by atoms with van der Waals surface area (Å²) in [5, 5.41) is 2.81. The molecule has 2 rings (SSSR count). The molecule has 2 amide bonds. The van der Waals surface area contributed by atoms with Crippen LogP contribution in [0.4, 0.5) is 0 Å². The van der Waals surface area contributed by atoms with E-state index in [-0.39, 0.29) is 23.3 Å². The maximum Gasteiger partial charge on any atom is 0.243 e. The Morgan fingerprint density at radius 3 is 2.42 bits per heavy atom. The second-order valence-corrected chi connectivity index (χ2v) is 7.75. The Morgan fingerprint density at radius 1 is 1.23 bits per heavy atom. The SMILES string of the molecule is CCOC1CC(N)(C(=O)N2CCN(CC(=O)NCCOC)CC2)C1(C)C. The average molecular weight is 370 g/mol. The quantitative estimate of drug-likeness (QED) is 0.555. The summed E-state index contributed by atoms with van der Waals surface area (Å²) >= 11 is 0. The standard InChI is InChI=1S/C18H34N4O4/c1-5-26-14-12-18(19,17(14,2)3)16(24)22-9-7-21(8-10-22)13-15(23)20-6-11-25-4/h14H,5-13,19H2,1-4H3,(H,20,23). The molecule has 8 heteroatoms. The van der Waals surface area contributed by atoms with E-state index in [1.54, 1.807) is 7.11 Å². The molecule has 2 fully saturated rings. The normalized spacial score (nSPS) is 28.5. The highest BCUT2D eigenvalue weighted by Crippen LogP contribution is 2.50. The highest BCUT2D eigenvalue weighted by atomic mass is 16.5. The Morgan fingerprint density at radius 2 is 1.88 bits per heavy atom. The van der Waals surface area contributed by atoms with E-state index in [1.807, 2.05) is 25.7 Å². The fourth-order valence-electron chi connectivity index (χ4n) is 3.74. The number of methoxy groups -OCH3 is 1. The van der Waals surface area contributed by atoms with Gasteiger partial charge in [-0.2, -0.15) is 0 Å². The van der Waals surface area contributed by atoms with Gasteiger partial charge in [-0.3, -0.25) is 14.5 Å². The largest absolute Gasteiger partial charge is 0.383 e. The molecule has 1 saturated heterocycles. The molecule has 0 aromatic carbocycles. The minimum atomic E-state index is -0.869. The number of nitrogens with one attached hydrogen (secondary N) is 1. The molecule has 0 spiro atoms. The van der Waals surface area contributed by atoms with Gasteiger partial charge in [0, 0.05) is 58.3 Å². The third kappa shape index (κ3) is 4.19. The van der Waals surface area contributed by atoms with Crippen molar-refractivity contribution in [2.75, 3.05) is 59.6 Å². The van der Waals surface area contributed by atoms with E-state index in [4.69, 9.17) is 15.2 Å². The van der Waals surface area contributed by atoms with Crippen molar-refractivity contribution in [1.82, 2.24) is 15.1 Å². The van der Waals surface area contributed by atoms with Crippen molar-refractivity contribution in [1.29, 1.82) is 0 Å². The van der Waals surface area contributed by atoms with E-state index in [9.17, 15) is 9.59 Å². The number of nitrogens with zero attached hydrogens (tertiary/aromatic N) is 2. The molecule has 1 aliphatic carbocycles. The van der Waals surface area contributed by atoms with Crippen LogP contribution in [0.5, 0.6) is 0 Å². The molecule has 0 aromatic rings. The number of rotatable bonds is 8. The maximum absolute atomic E-state index is 13.0. The first-order chi connectivity index (χ1) is 12.3. The van der Waals surface area contributed by atoms with Gasteiger partial charge in [-0.25, -0.2) is 0 Å². The molecule has 0 bridgehead atoms. The van der Waals surface area contributed by atoms with Crippen molar-refractivity contribution >= 4 is 11.8 Å². The zero-order chi connectivity index (χ0) is 19.4.